The lowest BCUT2D eigenvalue weighted by atomic mass is 10.1. The van der Waals surface area contributed by atoms with Crippen molar-refractivity contribution in [3.8, 4) is 0 Å². The molecule has 0 aliphatic carbocycles. The molecule has 1 saturated heterocycles. The van der Waals surface area contributed by atoms with Gasteiger partial charge in [0.25, 0.3) is 0 Å². The molecule has 0 radical (unpaired) electrons. The molecule has 2 aromatic carbocycles. The Morgan fingerprint density at radius 2 is 2.07 bits per heavy atom. The molecule has 1 fully saturated rings. The maximum absolute atomic E-state index is 12.2. The quantitative estimate of drug-likeness (QED) is 0.542. The molecule has 0 unspecified atom stereocenters. The van der Waals surface area contributed by atoms with E-state index in [4.69, 9.17) is 37.4 Å². The first-order valence-corrected chi connectivity index (χ1v) is 9.76. The minimum atomic E-state index is -1.15. The highest BCUT2D eigenvalue weighted by molar-refractivity contribution is 6.35. The smallest absolute Gasteiger partial charge is 0.338 e. The number of carbonyl (C=O) groups excluding carboxylic acids is 1. The molecule has 0 saturated carbocycles. The van der Waals surface area contributed by atoms with Gasteiger partial charge in [-0.25, -0.2) is 9.78 Å². The number of benzene rings is 2. The molecule has 29 heavy (non-hydrogen) atoms. The van der Waals surface area contributed by atoms with E-state index in [9.17, 15) is 4.79 Å². The molecular formula is C21H18Cl2N2O4. The lowest BCUT2D eigenvalue weighted by Crippen LogP contribution is -2.34. The van der Waals surface area contributed by atoms with Gasteiger partial charge in [-0.15, -0.1) is 0 Å². The van der Waals surface area contributed by atoms with E-state index >= 15 is 0 Å². The predicted octanol–water partition coefficient (Wildman–Crippen LogP) is 4.32. The second kappa shape index (κ2) is 8.55. The standard InChI is InChI=1S/C21H18Cl2N2O4/c22-16-6-7-18(19(23)10-16)21(13-25-9-8-24-14-25)28-12-17(29-21)11-27-20(26)15-4-2-1-3-5-15/h1-10,14,17H,11-13H2/t17-,21-/m0/s1. The Morgan fingerprint density at radius 3 is 2.79 bits per heavy atom. The van der Waals surface area contributed by atoms with Gasteiger partial charge in [0.05, 0.1) is 30.1 Å². The number of imidazole rings is 1. The molecule has 0 bridgehead atoms. The zero-order chi connectivity index (χ0) is 20.3. The molecule has 0 amide bonds. The second-order valence-electron chi connectivity index (χ2n) is 6.63. The van der Waals surface area contributed by atoms with Gasteiger partial charge in [-0.2, -0.15) is 0 Å². The zero-order valence-corrected chi connectivity index (χ0v) is 16.8. The minimum Gasteiger partial charge on any atom is -0.459 e. The number of ether oxygens (including phenoxy) is 3. The Hall–Kier alpha value is -2.38. The minimum absolute atomic E-state index is 0.0601. The number of aromatic nitrogens is 2. The molecule has 2 atom stereocenters. The van der Waals surface area contributed by atoms with Crippen molar-refractivity contribution < 1.29 is 19.0 Å². The first-order chi connectivity index (χ1) is 14.1. The van der Waals surface area contributed by atoms with Gasteiger partial charge < -0.3 is 18.8 Å². The molecule has 3 aromatic rings. The monoisotopic (exact) mass is 432 g/mol. The van der Waals surface area contributed by atoms with Crippen LogP contribution < -0.4 is 0 Å². The lowest BCUT2D eigenvalue weighted by molar-refractivity contribution is -0.190. The zero-order valence-electron chi connectivity index (χ0n) is 15.3. The predicted molar refractivity (Wildman–Crippen MR) is 108 cm³/mol. The molecule has 1 aromatic heterocycles. The summed E-state index contributed by atoms with van der Waals surface area (Å²) in [6.07, 6.45) is 4.70. The SMILES string of the molecule is O=C(OC[C@H]1CO[C@](Cn2ccnc2)(c2ccc(Cl)cc2Cl)O1)c1ccccc1. The topological polar surface area (TPSA) is 62.6 Å². The van der Waals surface area contributed by atoms with Crippen LogP contribution in [0.3, 0.4) is 0 Å². The summed E-state index contributed by atoms with van der Waals surface area (Å²) in [6.45, 7) is 0.637. The van der Waals surface area contributed by atoms with E-state index in [0.29, 0.717) is 27.7 Å². The number of nitrogens with zero attached hydrogens (tertiary/aromatic N) is 2. The molecule has 0 spiro atoms. The van der Waals surface area contributed by atoms with Crippen LogP contribution in [0.15, 0.2) is 67.3 Å². The molecule has 8 heteroatoms. The maximum Gasteiger partial charge on any atom is 0.338 e. The summed E-state index contributed by atoms with van der Waals surface area (Å²) in [4.78, 5) is 16.3. The fraction of sp³-hybridized carbons (Fsp3) is 0.238. The van der Waals surface area contributed by atoms with Crippen molar-refractivity contribution >= 4 is 29.2 Å². The molecule has 150 valence electrons. The molecule has 2 heterocycles. The van der Waals surface area contributed by atoms with Crippen LogP contribution in [0.25, 0.3) is 0 Å². The highest BCUT2D eigenvalue weighted by Crippen LogP contribution is 2.40. The van der Waals surface area contributed by atoms with E-state index in [1.165, 1.54) is 0 Å². The third-order valence-electron chi connectivity index (χ3n) is 4.56. The van der Waals surface area contributed by atoms with Gasteiger partial charge in [-0.05, 0) is 24.3 Å². The largest absolute Gasteiger partial charge is 0.459 e. The van der Waals surface area contributed by atoms with Crippen molar-refractivity contribution in [2.45, 2.75) is 18.4 Å². The van der Waals surface area contributed by atoms with E-state index in [2.05, 4.69) is 4.98 Å². The number of hydrogen-bond acceptors (Lipinski definition) is 5. The summed E-state index contributed by atoms with van der Waals surface area (Å²) < 4.78 is 19.6. The molecule has 6 nitrogen and oxygen atoms in total. The van der Waals surface area contributed by atoms with Crippen LogP contribution in [-0.4, -0.2) is 34.8 Å². The second-order valence-corrected chi connectivity index (χ2v) is 7.47. The van der Waals surface area contributed by atoms with Crippen LogP contribution in [0.4, 0.5) is 0 Å². The van der Waals surface area contributed by atoms with Gasteiger partial charge in [-0.3, -0.25) is 0 Å². The van der Waals surface area contributed by atoms with Crippen LogP contribution in [0, 0.1) is 0 Å². The van der Waals surface area contributed by atoms with Crippen molar-refractivity contribution in [2.24, 2.45) is 0 Å². The fourth-order valence-corrected chi connectivity index (χ4v) is 3.75. The van der Waals surface area contributed by atoms with Gasteiger partial charge in [0.2, 0.25) is 5.79 Å². The number of carbonyl (C=O) groups is 1. The van der Waals surface area contributed by atoms with E-state index in [1.54, 1.807) is 61.2 Å². The Kier molecular flexibility index (Phi) is 5.87. The Bertz CT molecular complexity index is 982. The number of halogens is 2. The van der Waals surface area contributed by atoms with Crippen molar-refractivity contribution in [1.29, 1.82) is 0 Å². The van der Waals surface area contributed by atoms with E-state index in [0.717, 1.165) is 0 Å². The highest BCUT2D eigenvalue weighted by Gasteiger charge is 2.45. The van der Waals surface area contributed by atoms with Gasteiger partial charge in [0, 0.05) is 23.0 Å². The van der Waals surface area contributed by atoms with Crippen LogP contribution in [0.2, 0.25) is 10.0 Å². The fourth-order valence-electron chi connectivity index (χ4n) is 3.20. The van der Waals surface area contributed by atoms with E-state index in [-0.39, 0.29) is 13.2 Å². The van der Waals surface area contributed by atoms with Gasteiger partial charge in [-0.1, -0.05) is 47.5 Å². The van der Waals surface area contributed by atoms with Crippen LogP contribution in [0.5, 0.6) is 0 Å². The highest BCUT2D eigenvalue weighted by atomic mass is 35.5. The molecule has 4 rings (SSSR count). The van der Waals surface area contributed by atoms with Crippen molar-refractivity contribution in [3.63, 3.8) is 0 Å². The number of hydrogen-bond donors (Lipinski definition) is 0. The first kappa shape index (κ1) is 19.9. The normalized spacial score (nSPS) is 21.2. The van der Waals surface area contributed by atoms with Crippen LogP contribution >= 0.6 is 23.2 Å². The van der Waals surface area contributed by atoms with E-state index in [1.807, 2.05) is 10.6 Å². The molecular weight excluding hydrogens is 415 g/mol. The Labute approximate surface area is 177 Å². The summed E-state index contributed by atoms with van der Waals surface area (Å²) in [5.74, 6) is -1.56. The first-order valence-electron chi connectivity index (χ1n) is 9.01. The van der Waals surface area contributed by atoms with Gasteiger partial charge in [0.15, 0.2) is 0 Å². The molecule has 1 aliphatic heterocycles. The van der Waals surface area contributed by atoms with Gasteiger partial charge >= 0.3 is 5.97 Å². The van der Waals surface area contributed by atoms with Crippen molar-refractivity contribution in [1.82, 2.24) is 9.55 Å². The van der Waals surface area contributed by atoms with Crippen molar-refractivity contribution in [3.05, 3.63) is 88.4 Å². The summed E-state index contributed by atoms with van der Waals surface area (Å²) in [6, 6.07) is 14.0. The Balaban J connectivity index is 1.51. The van der Waals surface area contributed by atoms with E-state index < -0.39 is 17.9 Å². The van der Waals surface area contributed by atoms with Crippen LogP contribution in [0.1, 0.15) is 15.9 Å². The lowest BCUT2D eigenvalue weighted by Gasteiger charge is -2.29. The average molecular weight is 433 g/mol. The third kappa shape index (κ3) is 4.46. The number of esters is 1. The third-order valence-corrected chi connectivity index (χ3v) is 5.11. The maximum atomic E-state index is 12.2. The average Bonchev–Trinajstić information content (AvgIpc) is 3.37. The van der Waals surface area contributed by atoms with Gasteiger partial charge in [0.1, 0.15) is 12.7 Å². The summed E-state index contributed by atoms with van der Waals surface area (Å²) in [5.41, 5.74) is 1.13. The number of rotatable bonds is 6. The summed E-state index contributed by atoms with van der Waals surface area (Å²) in [7, 11) is 0. The van der Waals surface area contributed by atoms with Crippen LogP contribution in [-0.2, 0) is 26.5 Å². The molecule has 1 aliphatic rings. The molecule has 0 N–H and O–H groups in total. The van der Waals surface area contributed by atoms with Crippen molar-refractivity contribution in [2.75, 3.05) is 13.2 Å². The summed E-state index contributed by atoms with van der Waals surface area (Å²) in [5, 5.41) is 0.947. The Morgan fingerprint density at radius 1 is 1.24 bits per heavy atom. The summed E-state index contributed by atoms with van der Waals surface area (Å²) >= 11 is 12.5.